The molecule has 0 spiro atoms. The van der Waals surface area contributed by atoms with Crippen molar-refractivity contribution in [2.45, 2.75) is 77.3 Å². The van der Waals surface area contributed by atoms with Gasteiger partial charge in [-0.2, -0.15) is 0 Å². The molecule has 1 N–H and O–H groups in total. The van der Waals surface area contributed by atoms with Crippen LogP contribution in [0.1, 0.15) is 78.7 Å². The van der Waals surface area contributed by atoms with Crippen LogP contribution in [0.25, 0.3) is 5.57 Å². The molecule has 3 aromatic rings. The van der Waals surface area contributed by atoms with E-state index in [0.717, 1.165) is 57.0 Å². The van der Waals surface area contributed by atoms with Crippen LogP contribution in [0.15, 0.2) is 63.6 Å². The third-order valence-electron chi connectivity index (χ3n) is 9.27. The van der Waals surface area contributed by atoms with Crippen molar-refractivity contribution in [3.8, 4) is 0 Å². The first-order valence-electron chi connectivity index (χ1n) is 15.0. The van der Waals surface area contributed by atoms with Crippen molar-refractivity contribution in [1.82, 2.24) is 9.05 Å². The SMILES string of the molecule is CC1=CC(C)=[N+]2C1=C(CCc1cc(=O)n3c(c1C1CC1)SCC3C(=O)Nc1cccc(C)c1)c1c(C)cc(C)n1[B-]2(F)F. The smallest absolute Gasteiger partial charge is 0.394 e. The third-order valence-corrected chi connectivity index (χ3v) is 10.4. The van der Waals surface area contributed by atoms with Gasteiger partial charge in [0.05, 0.1) is 5.03 Å². The van der Waals surface area contributed by atoms with E-state index < -0.39 is 13.0 Å². The van der Waals surface area contributed by atoms with Crippen LogP contribution in [-0.2, 0) is 11.2 Å². The number of rotatable bonds is 6. The summed E-state index contributed by atoms with van der Waals surface area (Å²) in [5.41, 5.74) is 8.60. The minimum Gasteiger partial charge on any atom is -0.394 e. The number of halogens is 2. The van der Waals surface area contributed by atoms with Crippen LogP contribution >= 0.6 is 11.8 Å². The zero-order valence-electron chi connectivity index (χ0n) is 25.1. The van der Waals surface area contributed by atoms with Crippen LogP contribution in [0.3, 0.4) is 0 Å². The molecular formula is C33H35BF2N4O2S. The number of nitrogens with zero attached hydrogens (tertiary/aromatic N) is 3. The van der Waals surface area contributed by atoms with Crippen LogP contribution in [0.4, 0.5) is 14.3 Å². The first kappa shape index (κ1) is 28.1. The fourth-order valence-electron chi connectivity index (χ4n) is 7.42. The topological polar surface area (TPSA) is 59.0 Å². The zero-order chi connectivity index (χ0) is 30.4. The summed E-state index contributed by atoms with van der Waals surface area (Å²) in [7, 11) is 0. The minimum absolute atomic E-state index is 0.182. The summed E-state index contributed by atoms with van der Waals surface area (Å²) in [6.45, 7) is 5.26. The van der Waals surface area contributed by atoms with Crippen LogP contribution in [0.5, 0.6) is 0 Å². The summed E-state index contributed by atoms with van der Waals surface area (Å²) >= 11 is 1.58. The van der Waals surface area contributed by atoms with E-state index in [1.54, 1.807) is 36.2 Å². The minimum atomic E-state index is -4.02. The van der Waals surface area contributed by atoms with E-state index in [4.69, 9.17) is 0 Å². The van der Waals surface area contributed by atoms with E-state index in [1.807, 2.05) is 57.2 Å². The van der Waals surface area contributed by atoms with E-state index in [9.17, 15) is 9.59 Å². The van der Waals surface area contributed by atoms with Crippen LogP contribution in [0.2, 0.25) is 0 Å². The molecule has 1 aromatic carbocycles. The lowest BCUT2D eigenvalue weighted by Crippen LogP contribution is -2.51. The van der Waals surface area contributed by atoms with Gasteiger partial charge in [-0.25, -0.2) is 0 Å². The Morgan fingerprint density at radius 2 is 1.86 bits per heavy atom. The molecule has 43 heavy (non-hydrogen) atoms. The molecule has 2 aromatic heterocycles. The number of carbonyl (C=O) groups excluding carboxylic acids is 1. The molecule has 1 amide bonds. The predicted molar refractivity (Wildman–Crippen MR) is 169 cm³/mol. The molecule has 6 nitrogen and oxygen atoms in total. The lowest BCUT2D eigenvalue weighted by molar-refractivity contribution is -0.363. The number of amides is 1. The summed E-state index contributed by atoms with van der Waals surface area (Å²) in [5.74, 6) is 0.669. The second-order valence-electron chi connectivity index (χ2n) is 12.5. The Morgan fingerprint density at radius 1 is 1.09 bits per heavy atom. The molecule has 1 atom stereocenters. The van der Waals surface area contributed by atoms with E-state index in [-0.39, 0.29) is 11.5 Å². The molecule has 1 unspecified atom stereocenters. The monoisotopic (exact) mass is 600 g/mol. The quantitative estimate of drug-likeness (QED) is 0.319. The highest BCUT2D eigenvalue weighted by Crippen LogP contribution is 2.49. The predicted octanol–water partition coefficient (Wildman–Crippen LogP) is 6.75. The number of fused-ring (bicyclic) bond motifs is 3. The molecule has 0 saturated heterocycles. The molecule has 222 valence electrons. The van der Waals surface area contributed by atoms with E-state index >= 15 is 8.63 Å². The average molecular weight is 601 g/mol. The Morgan fingerprint density at radius 3 is 2.58 bits per heavy atom. The van der Waals surface area contributed by atoms with Crippen molar-refractivity contribution in [3.05, 3.63) is 97.7 Å². The number of aryl methyl sites for hydroxylation is 4. The fraction of sp³-hybridized carbons (Fsp3) is 0.364. The van der Waals surface area contributed by atoms with Crippen LogP contribution in [-0.4, -0.2) is 37.9 Å². The molecule has 10 heteroatoms. The number of benzene rings is 1. The first-order valence-corrected chi connectivity index (χ1v) is 16.0. The number of nitrogens with one attached hydrogen (secondary N) is 1. The van der Waals surface area contributed by atoms with Gasteiger partial charge in [0.1, 0.15) is 11.8 Å². The summed E-state index contributed by atoms with van der Waals surface area (Å²) < 4.78 is 36.2. The number of anilines is 1. The van der Waals surface area contributed by atoms with Gasteiger partial charge in [-0.3, -0.25) is 14.2 Å². The van der Waals surface area contributed by atoms with Gasteiger partial charge in [-0.1, -0.05) is 12.1 Å². The summed E-state index contributed by atoms with van der Waals surface area (Å²) in [6, 6.07) is 10.6. The number of hydrogen-bond acceptors (Lipinski definition) is 3. The maximum atomic E-state index is 16.0. The van der Waals surface area contributed by atoms with Crippen molar-refractivity contribution in [3.63, 3.8) is 0 Å². The normalized spacial score (nSPS) is 20.3. The lowest BCUT2D eigenvalue weighted by Gasteiger charge is -2.34. The van der Waals surface area contributed by atoms with Crippen molar-refractivity contribution in [2.24, 2.45) is 0 Å². The van der Waals surface area contributed by atoms with E-state index in [2.05, 4.69) is 5.32 Å². The first-order chi connectivity index (χ1) is 20.5. The Bertz CT molecular complexity index is 1900. The van der Waals surface area contributed by atoms with Gasteiger partial charge in [-0.15, -0.1) is 11.8 Å². The fourth-order valence-corrected chi connectivity index (χ4v) is 8.85. The highest BCUT2D eigenvalue weighted by molar-refractivity contribution is 7.99. The molecule has 0 radical (unpaired) electrons. The molecule has 1 saturated carbocycles. The highest BCUT2D eigenvalue weighted by atomic mass is 32.2. The van der Waals surface area contributed by atoms with Gasteiger partial charge < -0.3 is 22.9 Å². The zero-order valence-corrected chi connectivity index (χ0v) is 25.9. The largest absolute Gasteiger partial charge is 0.737 e. The highest BCUT2D eigenvalue weighted by Gasteiger charge is 2.54. The third kappa shape index (κ3) is 4.40. The van der Waals surface area contributed by atoms with E-state index in [0.29, 0.717) is 47.3 Å². The summed E-state index contributed by atoms with van der Waals surface area (Å²) in [5, 5.41) is 3.89. The van der Waals surface area contributed by atoms with Gasteiger partial charge in [0.15, 0.2) is 5.70 Å². The second-order valence-corrected chi connectivity index (χ2v) is 13.5. The number of aromatic nitrogens is 2. The summed E-state index contributed by atoms with van der Waals surface area (Å²) in [6.07, 6.45) is 5.04. The molecule has 1 aliphatic carbocycles. The number of carbonyl (C=O) groups is 1. The average Bonchev–Trinajstić information content (AvgIpc) is 3.46. The molecular weight excluding hydrogens is 565 g/mol. The standard InChI is InChI=1S/C33H35BF2N4O2S/c1-18-7-6-8-25(13-18)37-32(42)27-17-43-33-29(23-9-10-23)24(16-28(41)38(27)33)11-12-26-30-19(2)14-21(4)39(30)34(35,36)40-22(5)15-20(3)31(26)40/h6-8,13-16,23,27H,9-12,17H2,1-5H3,(H,37,42). The van der Waals surface area contributed by atoms with Crippen molar-refractivity contribution < 1.29 is 17.9 Å². The van der Waals surface area contributed by atoms with Gasteiger partial charge >= 0.3 is 6.97 Å². The molecule has 0 bridgehead atoms. The van der Waals surface area contributed by atoms with Gasteiger partial charge in [0.25, 0.3) is 5.56 Å². The number of hydrogen-bond donors (Lipinski definition) is 1. The van der Waals surface area contributed by atoms with Crippen molar-refractivity contribution in [1.29, 1.82) is 0 Å². The van der Waals surface area contributed by atoms with Crippen LogP contribution < -0.4 is 10.9 Å². The lowest BCUT2D eigenvalue weighted by atomic mass is 9.84. The Balaban J connectivity index is 1.26. The van der Waals surface area contributed by atoms with Crippen molar-refractivity contribution in [2.75, 3.05) is 11.1 Å². The molecule has 7 rings (SSSR count). The van der Waals surface area contributed by atoms with Gasteiger partial charge in [0, 0.05) is 47.3 Å². The molecule has 4 aliphatic rings. The molecule has 5 heterocycles. The summed E-state index contributed by atoms with van der Waals surface area (Å²) in [4.78, 5) is 27.0. The van der Waals surface area contributed by atoms with Crippen molar-refractivity contribution >= 4 is 41.6 Å². The molecule has 1 fully saturated rings. The van der Waals surface area contributed by atoms with Gasteiger partial charge in [-0.05, 0) is 105 Å². The Labute approximate surface area is 254 Å². The van der Waals surface area contributed by atoms with E-state index in [1.165, 1.54) is 8.96 Å². The van der Waals surface area contributed by atoms with Crippen LogP contribution in [0, 0.1) is 20.8 Å². The molecule has 3 aliphatic heterocycles. The number of allylic oxidation sites excluding steroid dienone is 3. The maximum absolute atomic E-state index is 16.0. The van der Waals surface area contributed by atoms with Gasteiger partial charge in [0.2, 0.25) is 5.91 Å². The number of thioether (sulfide) groups is 1. The number of pyridine rings is 1. The Hall–Kier alpha value is -3.66. The second kappa shape index (κ2) is 9.94. The Kier molecular flexibility index (Phi) is 6.50. The maximum Gasteiger partial charge on any atom is 0.737 e.